The molecule has 0 bridgehead atoms. The molecule has 3 rings (SSSR count). The van der Waals surface area contributed by atoms with Gasteiger partial charge in [0.05, 0.1) is 6.54 Å². The molecule has 3 aromatic rings. The molecule has 0 heterocycles. The van der Waals surface area contributed by atoms with Crippen LogP contribution in [0.15, 0.2) is 103 Å². The van der Waals surface area contributed by atoms with Crippen LogP contribution in [0.3, 0.4) is 0 Å². The van der Waals surface area contributed by atoms with Gasteiger partial charge in [-0.2, -0.15) is 0 Å². The Bertz CT molecular complexity index is 844. The summed E-state index contributed by atoms with van der Waals surface area (Å²) in [5.41, 5.74) is 4.32. The van der Waals surface area contributed by atoms with Crippen LogP contribution in [0.25, 0.3) is 0 Å². The van der Waals surface area contributed by atoms with Gasteiger partial charge in [0.2, 0.25) is 0 Å². The summed E-state index contributed by atoms with van der Waals surface area (Å²) in [6, 6.07) is 33.4. The van der Waals surface area contributed by atoms with Crippen molar-refractivity contribution in [2.45, 2.75) is 90.8 Å². The highest BCUT2D eigenvalue weighted by molar-refractivity contribution is 5.17. The van der Waals surface area contributed by atoms with Crippen molar-refractivity contribution in [1.82, 2.24) is 0 Å². The molecule has 36 heavy (non-hydrogen) atoms. The van der Waals surface area contributed by atoms with E-state index in [0.717, 1.165) is 24.1 Å². The fraction of sp³-hybridized carbons (Fsp3) is 0.429. The lowest BCUT2D eigenvalue weighted by molar-refractivity contribution is -0.966. The van der Waals surface area contributed by atoms with Gasteiger partial charge in [-0.3, -0.25) is 0 Å². The summed E-state index contributed by atoms with van der Waals surface area (Å²) in [5, 5.41) is 0. The Hall–Kier alpha value is -2.64. The molecule has 0 saturated heterocycles. The molecular formula is C35H48N+. The van der Waals surface area contributed by atoms with Gasteiger partial charge in [-0.1, -0.05) is 142 Å². The average Bonchev–Trinajstić information content (AvgIpc) is 2.91. The highest BCUT2D eigenvalue weighted by atomic mass is 15.3. The molecule has 0 saturated carbocycles. The molecule has 0 aromatic heterocycles. The zero-order chi connectivity index (χ0) is 25.2. The van der Waals surface area contributed by atoms with Gasteiger partial charge in [0.15, 0.2) is 0 Å². The maximum absolute atomic E-state index is 2.40. The van der Waals surface area contributed by atoms with Crippen LogP contribution in [0.1, 0.15) is 87.8 Å². The molecule has 3 aromatic carbocycles. The number of benzene rings is 3. The molecule has 0 radical (unpaired) electrons. The van der Waals surface area contributed by atoms with E-state index in [1.54, 1.807) is 0 Å². The molecule has 0 aliphatic carbocycles. The van der Waals surface area contributed by atoms with E-state index in [1.165, 1.54) is 87.4 Å². The fourth-order valence-electron chi connectivity index (χ4n) is 5.29. The van der Waals surface area contributed by atoms with E-state index in [0.29, 0.717) is 0 Å². The van der Waals surface area contributed by atoms with Crippen molar-refractivity contribution in [3.63, 3.8) is 0 Å². The first-order chi connectivity index (χ1) is 17.8. The first-order valence-corrected chi connectivity index (χ1v) is 14.4. The Kier molecular flexibility index (Phi) is 13.1. The molecule has 192 valence electrons. The smallest absolute Gasteiger partial charge is 0.105 e. The van der Waals surface area contributed by atoms with E-state index in [-0.39, 0.29) is 0 Å². The second kappa shape index (κ2) is 16.9. The monoisotopic (exact) mass is 482 g/mol. The van der Waals surface area contributed by atoms with Crippen LogP contribution in [0.2, 0.25) is 0 Å². The molecule has 1 heteroatoms. The number of quaternary nitrogens is 1. The first kappa shape index (κ1) is 27.9. The minimum atomic E-state index is 1.08. The van der Waals surface area contributed by atoms with Crippen LogP contribution in [0, 0.1) is 0 Å². The number of hydrogen-bond acceptors (Lipinski definition) is 0. The van der Waals surface area contributed by atoms with E-state index in [9.17, 15) is 0 Å². The summed E-state index contributed by atoms with van der Waals surface area (Å²) in [4.78, 5) is 0. The molecular weight excluding hydrogens is 434 g/mol. The molecule has 0 atom stereocenters. The largest absolute Gasteiger partial charge is 0.312 e. The van der Waals surface area contributed by atoms with Gasteiger partial charge < -0.3 is 4.48 Å². The summed E-state index contributed by atoms with van der Waals surface area (Å²) in [5.74, 6) is 0. The third-order valence-corrected chi connectivity index (χ3v) is 7.23. The van der Waals surface area contributed by atoms with Gasteiger partial charge >= 0.3 is 0 Å². The molecule has 0 unspecified atom stereocenters. The lowest BCUT2D eigenvalue weighted by atomic mass is 10.0. The molecule has 0 aliphatic rings. The number of unbranched alkanes of at least 4 members (excludes halogenated alkanes) is 8. The second-order valence-corrected chi connectivity index (χ2v) is 10.5. The normalized spacial score (nSPS) is 11.8. The van der Waals surface area contributed by atoms with Crippen molar-refractivity contribution in [2.24, 2.45) is 0 Å². The van der Waals surface area contributed by atoms with Gasteiger partial charge in [-0.25, -0.2) is 0 Å². The molecule has 0 N–H and O–H groups in total. The van der Waals surface area contributed by atoms with Crippen LogP contribution >= 0.6 is 0 Å². The number of rotatable bonds is 18. The van der Waals surface area contributed by atoms with Crippen LogP contribution in [0.5, 0.6) is 0 Å². The Morgan fingerprint density at radius 1 is 0.472 bits per heavy atom. The number of nitrogens with zero attached hydrogens (tertiary/aromatic N) is 1. The van der Waals surface area contributed by atoms with Gasteiger partial charge in [-0.15, -0.1) is 0 Å². The van der Waals surface area contributed by atoms with E-state index in [2.05, 4.69) is 110 Å². The lowest BCUT2D eigenvalue weighted by Gasteiger charge is -2.39. The van der Waals surface area contributed by atoms with E-state index in [4.69, 9.17) is 0 Å². The topological polar surface area (TPSA) is 0 Å². The fourth-order valence-corrected chi connectivity index (χ4v) is 5.29. The van der Waals surface area contributed by atoms with Crippen LogP contribution in [0.4, 0.5) is 0 Å². The van der Waals surface area contributed by atoms with Crippen LogP contribution in [-0.4, -0.2) is 11.0 Å². The highest BCUT2D eigenvalue weighted by Crippen LogP contribution is 2.26. The zero-order valence-corrected chi connectivity index (χ0v) is 22.7. The van der Waals surface area contributed by atoms with Gasteiger partial charge in [0.25, 0.3) is 0 Å². The molecule has 0 amide bonds. The number of allylic oxidation sites excluding steroid dienone is 2. The number of hydrogen-bond donors (Lipinski definition) is 0. The molecule has 0 aliphatic heterocycles. The first-order valence-electron chi connectivity index (χ1n) is 14.4. The highest BCUT2D eigenvalue weighted by Gasteiger charge is 2.28. The summed E-state index contributed by atoms with van der Waals surface area (Å²) in [7, 11) is 0. The molecule has 1 nitrogen and oxygen atoms in total. The minimum Gasteiger partial charge on any atom is -0.312 e. The third-order valence-electron chi connectivity index (χ3n) is 7.23. The Morgan fingerprint density at radius 3 is 1.31 bits per heavy atom. The Balaban J connectivity index is 1.58. The predicted molar refractivity (Wildman–Crippen MR) is 157 cm³/mol. The maximum Gasteiger partial charge on any atom is 0.105 e. The average molecular weight is 483 g/mol. The van der Waals surface area contributed by atoms with Gasteiger partial charge in [0.1, 0.15) is 19.6 Å². The summed E-state index contributed by atoms with van der Waals surface area (Å²) in [6.07, 6.45) is 18.0. The van der Waals surface area contributed by atoms with Crippen molar-refractivity contribution in [2.75, 3.05) is 6.54 Å². The van der Waals surface area contributed by atoms with Crippen molar-refractivity contribution in [1.29, 1.82) is 0 Å². The van der Waals surface area contributed by atoms with Crippen LogP contribution in [-0.2, 0) is 19.6 Å². The molecule has 0 spiro atoms. The minimum absolute atomic E-state index is 1.08. The van der Waals surface area contributed by atoms with Crippen molar-refractivity contribution in [3.8, 4) is 0 Å². The standard InChI is InChI=1S/C35H48N/c1-2-3-4-5-6-7-8-9-10-11-12-22-29-36(30-33-23-16-13-17-24-33,31-34-25-18-14-19-26-34)32-35-27-20-15-21-28-35/h5-6,13-21,23-28H,2-4,7-12,22,29-32H2,1H3/q+1/b6-5+. The second-order valence-electron chi connectivity index (χ2n) is 10.5. The maximum atomic E-state index is 2.40. The summed E-state index contributed by atoms with van der Waals surface area (Å²) in [6.45, 7) is 6.72. The van der Waals surface area contributed by atoms with Crippen molar-refractivity contribution >= 4 is 0 Å². The Labute approximate surface area is 221 Å². The lowest BCUT2D eigenvalue weighted by Crippen LogP contribution is -2.46. The van der Waals surface area contributed by atoms with E-state index >= 15 is 0 Å². The SMILES string of the molecule is CCCC/C=C/CCCCCCCC[N+](Cc1ccccc1)(Cc1ccccc1)Cc1ccccc1. The predicted octanol–water partition coefficient (Wildman–Crippen LogP) is 9.88. The van der Waals surface area contributed by atoms with Gasteiger partial charge in [-0.05, 0) is 32.1 Å². The van der Waals surface area contributed by atoms with Crippen molar-refractivity contribution in [3.05, 3.63) is 120 Å². The van der Waals surface area contributed by atoms with Crippen molar-refractivity contribution < 1.29 is 4.48 Å². The van der Waals surface area contributed by atoms with E-state index in [1.807, 2.05) is 0 Å². The third kappa shape index (κ3) is 11.0. The van der Waals surface area contributed by atoms with Crippen LogP contribution < -0.4 is 0 Å². The van der Waals surface area contributed by atoms with E-state index < -0.39 is 0 Å². The summed E-state index contributed by atoms with van der Waals surface area (Å²) < 4.78 is 1.08. The zero-order valence-electron chi connectivity index (χ0n) is 22.7. The summed E-state index contributed by atoms with van der Waals surface area (Å²) >= 11 is 0. The molecule has 0 fully saturated rings. The Morgan fingerprint density at radius 2 is 0.861 bits per heavy atom. The quantitative estimate of drug-likeness (QED) is 0.0961. The van der Waals surface area contributed by atoms with Gasteiger partial charge in [0, 0.05) is 16.7 Å².